The van der Waals surface area contributed by atoms with Crippen LogP contribution in [0.1, 0.15) is 65.5 Å². The fourth-order valence-electron chi connectivity index (χ4n) is 6.93. The summed E-state index contributed by atoms with van der Waals surface area (Å²) in [4.78, 5) is 41.1. The SMILES string of the molecule is COC(=O)N1CCC2(CC1)CN(c1nc(-c3cccc(OC[C@H](CN(C)C(=O)OC(C)(C)C)O[Si](C)(C)C(C)(C)C)c3)nc(-c3c(C)cnn3C)c1C)C2. The first-order chi connectivity index (χ1) is 25.1. The maximum absolute atomic E-state index is 12.9. The molecule has 2 saturated heterocycles. The van der Waals surface area contributed by atoms with Crippen molar-refractivity contribution in [2.45, 2.75) is 98.1 Å². The number of anilines is 1. The first-order valence-corrected chi connectivity index (χ1v) is 21.8. The average molecular weight is 764 g/mol. The van der Waals surface area contributed by atoms with Crippen LogP contribution in [0.25, 0.3) is 22.8 Å². The van der Waals surface area contributed by atoms with Crippen LogP contribution in [0.5, 0.6) is 5.75 Å². The molecule has 1 atom stereocenters. The fourth-order valence-corrected chi connectivity index (χ4v) is 8.26. The highest BCUT2D eigenvalue weighted by molar-refractivity contribution is 6.74. The lowest BCUT2D eigenvalue weighted by molar-refractivity contribution is 0.0172. The van der Waals surface area contributed by atoms with E-state index in [1.807, 2.05) is 69.9 Å². The minimum Gasteiger partial charge on any atom is -0.491 e. The summed E-state index contributed by atoms with van der Waals surface area (Å²) in [6.45, 7) is 24.4. The van der Waals surface area contributed by atoms with Gasteiger partial charge in [-0.1, -0.05) is 32.9 Å². The Hall–Kier alpha value is -4.17. The Labute approximate surface area is 322 Å². The highest BCUT2D eigenvalue weighted by Crippen LogP contribution is 2.45. The lowest BCUT2D eigenvalue weighted by Crippen LogP contribution is -2.61. The zero-order chi connectivity index (χ0) is 39.8. The van der Waals surface area contributed by atoms with E-state index in [1.54, 1.807) is 16.8 Å². The van der Waals surface area contributed by atoms with Gasteiger partial charge in [0.25, 0.3) is 0 Å². The predicted octanol–water partition coefficient (Wildman–Crippen LogP) is 7.47. The van der Waals surface area contributed by atoms with E-state index >= 15 is 0 Å². The van der Waals surface area contributed by atoms with Gasteiger partial charge in [-0.2, -0.15) is 5.10 Å². The lowest BCUT2D eigenvalue weighted by Gasteiger charge is -2.54. The Morgan fingerprint density at radius 2 is 1.70 bits per heavy atom. The van der Waals surface area contributed by atoms with Crippen molar-refractivity contribution >= 4 is 26.3 Å². The number of piperidine rings is 1. The maximum Gasteiger partial charge on any atom is 0.410 e. The molecular formula is C40H61N7O6Si. The van der Waals surface area contributed by atoms with Gasteiger partial charge in [0.15, 0.2) is 14.1 Å². The van der Waals surface area contributed by atoms with Crippen molar-refractivity contribution in [3.8, 4) is 28.5 Å². The van der Waals surface area contributed by atoms with Crippen LogP contribution in [0.4, 0.5) is 15.4 Å². The summed E-state index contributed by atoms with van der Waals surface area (Å²) in [5, 5.41) is 4.49. The number of benzene rings is 1. The second kappa shape index (κ2) is 15.5. The number of hydrogen-bond acceptors (Lipinski definition) is 10. The van der Waals surface area contributed by atoms with Crippen molar-refractivity contribution in [2.75, 3.05) is 58.4 Å². The van der Waals surface area contributed by atoms with Crippen LogP contribution < -0.4 is 9.64 Å². The summed E-state index contributed by atoms with van der Waals surface area (Å²) in [5.41, 5.74) is 4.18. The lowest BCUT2D eigenvalue weighted by atomic mass is 9.72. The molecule has 296 valence electrons. The molecule has 0 N–H and O–H groups in total. The van der Waals surface area contributed by atoms with Crippen molar-refractivity contribution in [1.82, 2.24) is 29.5 Å². The third-order valence-corrected chi connectivity index (χ3v) is 15.6. The van der Waals surface area contributed by atoms with E-state index in [4.69, 9.17) is 28.6 Å². The molecule has 14 heteroatoms. The van der Waals surface area contributed by atoms with Gasteiger partial charge in [-0.3, -0.25) is 4.68 Å². The number of nitrogens with zero attached hydrogens (tertiary/aromatic N) is 7. The topological polar surface area (TPSA) is 124 Å². The van der Waals surface area contributed by atoms with Crippen LogP contribution in [0.15, 0.2) is 30.5 Å². The fraction of sp³-hybridized carbons (Fsp3) is 0.625. The maximum atomic E-state index is 12.9. The molecule has 4 heterocycles. The number of likely N-dealkylation sites (N-methyl/N-ethyl adjacent to an activating group) is 1. The molecular weight excluding hydrogens is 703 g/mol. The van der Waals surface area contributed by atoms with Crippen LogP contribution in [0.2, 0.25) is 18.1 Å². The second-order valence-electron chi connectivity index (χ2n) is 17.7. The smallest absolute Gasteiger partial charge is 0.410 e. The molecule has 2 aliphatic heterocycles. The molecule has 2 fully saturated rings. The Balaban J connectivity index is 1.41. The normalized spacial score (nSPS) is 16.5. The Morgan fingerprint density at radius 1 is 1.04 bits per heavy atom. The number of carbonyl (C=O) groups is 2. The van der Waals surface area contributed by atoms with Gasteiger partial charge < -0.3 is 33.3 Å². The van der Waals surface area contributed by atoms with Crippen LogP contribution in [-0.4, -0.2) is 115 Å². The molecule has 13 nitrogen and oxygen atoms in total. The number of methoxy groups -OCH3 is 1. The molecule has 54 heavy (non-hydrogen) atoms. The zero-order valence-corrected chi connectivity index (χ0v) is 35.7. The molecule has 2 aliphatic rings. The molecule has 1 spiro atoms. The molecule has 0 aliphatic carbocycles. The molecule has 3 aromatic rings. The van der Waals surface area contributed by atoms with Gasteiger partial charge in [-0.05, 0) is 83.3 Å². The third-order valence-electron chi connectivity index (χ3n) is 11.1. The molecule has 0 unspecified atom stereocenters. The van der Waals surface area contributed by atoms with Crippen molar-refractivity contribution in [3.05, 3.63) is 41.6 Å². The molecule has 0 saturated carbocycles. The number of aromatic nitrogens is 4. The van der Waals surface area contributed by atoms with Crippen LogP contribution in [0.3, 0.4) is 0 Å². The molecule has 5 rings (SSSR count). The molecule has 1 aromatic carbocycles. The summed E-state index contributed by atoms with van der Waals surface area (Å²) in [6, 6.07) is 7.84. The quantitative estimate of drug-likeness (QED) is 0.192. The summed E-state index contributed by atoms with van der Waals surface area (Å²) in [5.74, 6) is 2.15. The highest BCUT2D eigenvalue weighted by Gasteiger charge is 2.47. The Morgan fingerprint density at radius 3 is 2.28 bits per heavy atom. The minimum atomic E-state index is -2.22. The average Bonchev–Trinajstić information content (AvgIpc) is 3.41. The van der Waals surface area contributed by atoms with E-state index < -0.39 is 20.0 Å². The predicted molar refractivity (Wildman–Crippen MR) is 213 cm³/mol. The molecule has 2 amide bonds. The van der Waals surface area contributed by atoms with Crippen molar-refractivity contribution in [2.24, 2.45) is 12.5 Å². The summed E-state index contributed by atoms with van der Waals surface area (Å²) in [6.07, 6.45) is 2.67. The van der Waals surface area contributed by atoms with Gasteiger partial charge in [0, 0.05) is 56.8 Å². The minimum absolute atomic E-state index is 0.0312. The standard InChI is InChI=1S/C40H61N7O6Si/c1-27-22-41-45(10)33(27)32-28(2)35(47-25-40(26-47)17-19-46(20-18-40)37(49)50-11)43-34(42-32)29-15-14-16-30(21-29)51-24-31(53-54(12,13)39(6,7)8)23-44(9)36(48)52-38(3,4)5/h14-16,21-22,31H,17-20,23-26H2,1-13H3/t31-/m0/s1. The number of ether oxygens (including phenoxy) is 3. The van der Waals surface area contributed by atoms with Crippen molar-refractivity contribution < 1.29 is 28.2 Å². The molecule has 0 bridgehead atoms. The van der Waals surface area contributed by atoms with Gasteiger partial charge in [0.2, 0.25) is 0 Å². The van der Waals surface area contributed by atoms with E-state index in [9.17, 15) is 9.59 Å². The number of rotatable bonds is 10. The Kier molecular flexibility index (Phi) is 11.8. The van der Waals surface area contributed by atoms with Gasteiger partial charge in [-0.25, -0.2) is 19.6 Å². The summed E-state index contributed by atoms with van der Waals surface area (Å²) >= 11 is 0. The summed E-state index contributed by atoms with van der Waals surface area (Å²) < 4.78 is 25.7. The second-order valence-corrected chi connectivity index (χ2v) is 22.4. The third kappa shape index (κ3) is 9.19. The van der Waals surface area contributed by atoms with E-state index in [1.165, 1.54) is 7.11 Å². The number of aryl methyl sites for hydroxylation is 2. The largest absolute Gasteiger partial charge is 0.491 e. The van der Waals surface area contributed by atoms with Crippen LogP contribution >= 0.6 is 0 Å². The summed E-state index contributed by atoms with van der Waals surface area (Å²) in [7, 11) is 2.89. The first-order valence-electron chi connectivity index (χ1n) is 18.9. The van der Waals surface area contributed by atoms with Crippen LogP contribution in [0, 0.1) is 19.3 Å². The number of hydrogen-bond donors (Lipinski definition) is 0. The first kappa shape index (κ1) is 41.0. The van der Waals surface area contributed by atoms with E-state index in [0.717, 1.165) is 59.8 Å². The van der Waals surface area contributed by atoms with Gasteiger partial charge in [-0.15, -0.1) is 0 Å². The number of carbonyl (C=O) groups excluding carboxylic acids is 2. The van der Waals surface area contributed by atoms with E-state index in [0.29, 0.717) is 31.2 Å². The Bertz CT molecular complexity index is 1800. The van der Waals surface area contributed by atoms with Gasteiger partial charge in [0.1, 0.15) is 23.8 Å². The zero-order valence-electron chi connectivity index (χ0n) is 34.7. The molecule has 2 aromatic heterocycles. The van der Waals surface area contributed by atoms with Crippen LogP contribution in [-0.2, 0) is 20.9 Å². The number of likely N-dealkylation sites (tertiary alicyclic amines) is 1. The van der Waals surface area contributed by atoms with Gasteiger partial charge >= 0.3 is 12.2 Å². The van der Waals surface area contributed by atoms with E-state index in [2.05, 4.69) is 50.8 Å². The number of amides is 2. The molecule has 0 radical (unpaired) electrons. The van der Waals surface area contributed by atoms with E-state index in [-0.39, 0.29) is 29.3 Å². The van der Waals surface area contributed by atoms with Crippen molar-refractivity contribution in [1.29, 1.82) is 0 Å². The van der Waals surface area contributed by atoms with Crippen molar-refractivity contribution in [3.63, 3.8) is 0 Å². The highest BCUT2D eigenvalue weighted by atomic mass is 28.4. The monoisotopic (exact) mass is 763 g/mol. The van der Waals surface area contributed by atoms with Gasteiger partial charge in [0.05, 0.1) is 37.3 Å².